The van der Waals surface area contributed by atoms with Crippen LogP contribution >= 0.6 is 0 Å². The Kier molecular flexibility index (Phi) is 5.69. The molecule has 1 aliphatic heterocycles. The van der Waals surface area contributed by atoms with E-state index >= 15 is 0 Å². The first-order valence-corrected chi connectivity index (χ1v) is 9.84. The fourth-order valence-electron chi connectivity index (χ4n) is 3.61. The minimum Gasteiger partial charge on any atom is -0.493 e. The summed E-state index contributed by atoms with van der Waals surface area (Å²) in [6.07, 6.45) is 0.0870. The third-order valence-electron chi connectivity index (χ3n) is 5.18. The number of methoxy groups -OCH3 is 1. The number of ether oxygens (including phenoxy) is 2. The van der Waals surface area contributed by atoms with Crippen molar-refractivity contribution in [2.24, 2.45) is 0 Å². The van der Waals surface area contributed by atoms with Crippen molar-refractivity contribution in [3.05, 3.63) is 95.1 Å². The van der Waals surface area contributed by atoms with E-state index in [-0.39, 0.29) is 29.0 Å². The average Bonchev–Trinajstić information content (AvgIpc) is 3.08. The summed E-state index contributed by atoms with van der Waals surface area (Å²) in [5, 5.41) is 9.08. The zero-order valence-corrected chi connectivity index (χ0v) is 17.1. The van der Waals surface area contributed by atoms with E-state index in [9.17, 15) is 14.4 Å². The fourth-order valence-corrected chi connectivity index (χ4v) is 3.61. The Balaban J connectivity index is 1.69. The largest absolute Gasteiger partial charge is 0.493 e. The number of nitriles is 1. The van der Waals surface area contributed by atoms with Crippen LogP contribution in [-0.2, 0) is 11.2 Å². The molecule has 1 aliphatic rings. The number of hydrogen-bond donors (Lipinski definition) is 0. The molecule has 3 aromatic rings. The van der Waals surface area contributed by atoms with Gasteiger partial charge in [0.2, 0.25) is 0 Å². The van der Waals surface area contributed by atoms with Crippen LogP contribution in [0, 0.1) is 11.3 Å². The highest BCUT2D eigenvalue weighted by Crippen LogP contribution is 2.30. The van der Waals surface area contributed by atoms with Gasteiger partial charge in [-0.15, -0.1) is 0 Å². The lowest BCUT2D eigenvalue weighted by atomic mass is 10.0. The van der Waals surface area contributed by atoms with Crippen molar-refractivity contribution in [1.29, 1.82) is 5.26 Å². The third-order valence-corrected chi connectivity index (χ3v) is 5.18. The number of benzene rings is 3. The van der Waals surface area contributed by atoms with Crippen molar-refractivity contribution >= 4 is 17.8 Å². The second kappa shape index (κ2) is 8.74. The molecule has 7 nitrogen and oxygen atoms in total. The fraction of sp³-hybridized carbons (Fsp3) is 0.120. The monoisotopic (exact) mass is 426 g/mol. The van der Waals surface area contributed by atoms with Crippen LogP contribution < -0.4 is 9.47 Å². The molecule has 0 aliphatic carbocycles. The van der Waals surface area contributed by atoms with Crippen molar-refractivity contribution in [3.63, 3.8) is 0 Å². The number of imide groups is 1. The summed E-state index contributed by atoms with van der Waals surface area (Å²) in [6, 6.07) is 20.7. The number of carbonyl (C=O) groups excluding carboxylic acids is 3. The van der Waals surface area contributed by atoms with Crippen LogP contribution in [0.4, 0.5) is 0 Å². The standard InChI is InChI=1S/C25H18N2O5/c1-31-22-14-17(15-26)11-12-21(22)32-25(30)20(13-16-7-3-2-4-8-16)27-23(28)18-9-5-6-10-19(18)24(27)29/h2-12,14,20H,13H2,1H3/t20-/m0/s1. The molecular formula is C25H18N2O5. The lowest BCUT2D eigenvalue weighted by Gasteiger charge is -2.25. The number of carbonyl (C=O) groups is 3. The van der Waals surface area contributed by atoms with Crippen molar-refractivity contribution in [2.45, 2.75) is 12.5 Å². The predicted octanol–water partition coefficient (Wildman–Crippen LogP) is 3.38. The van der Waals surface area contributed by atoms with Crippen LogP contribution in [0.5, 0.6) is 11.5 Å². The van der Waals surface area contributed by atoms with Gasteiger partial charge in [0.05, 0.1) is 29.9 Å². The molecule has 0 spiro atoms. The maximum absolute atomic E-state index is 13.3. The average molecular weight is 426 g/mol. The molecule has 0 fully saturated rings. The minimum absolute atomic E-state index is 0.0870. The molecule has 1 atom stereocenters. The van der Waals surface area contributed by atoms with Crippen LogP contribution in [0.2, 0.25) is 0 Å². The van der Waals surface area contributed by atoms with Gasteiger partial charge in [0.1, 0.15) is 6.04 Å². The molecule has 158 valence electrons. The van der Waals surface area contributed by atoms with Crippen molar-refractivity contribution in [3.8, 4) is 17.6 Å². The summed E-state index contributed by atoms with van der Waals surface area (Å²) in [6.45, 7) is 0. The summed E-state index contributed by atoms with van der Waals surface area (Å²) in [5.74, 6) is -1.60. The highest BCUT2D eigenvalue weighted by molar-refractivity contribution is 6.22. The second-order valence-corrected chi connectivity index (χ2v) is 7.13. The zero-order chi connectivity index (χ0) is 22.7. The first-order chi connectivity index (χ1) is 15.5. The van der Waals surface area contributed by atoms with E-state index in [0.29, 0.717) is 5.56 Å². The van der Waals surface area contributed by atoms with Gasteiger partial charge >= 0.3 is 5.97 Å². The molecule has 32 heavy (non-hydrogen) atoms. The maximum atomic E-state index is 13.3. The van der Waals surface area contributed by atoms with Gasteiger partial charge in [-0.25, -0.2) is 4.79 Å². The molecule has 4 rings (SSSR count). The Morgan fingerprint density at radius 1 is 0.938 bits per heavy atom. The summed E-state index contributed by atoms with van der Waals surface area (Å²) in [4.78, 5) is 40.3. The molecule has 1 heterocycles. The van der Waals surface area contributed by atoms with Crippen LogP contribution in [-0.4, -0.2) is 35.8 Å². The lowest BCUT2D eigenvalue weighted by Crippen LogP contribution is -2.48. The van der Waals surface area contributed by atoms with Gasteiger partial charge < -0.3 is 9.47 Å². The van der Waals surface area contributed by atoms with E-state index in [1.165, 1.54) is 25.3 Å². The van der Waals surface area contributed by atoms with Crippen molar-refractivity contribution < 1.29 is 23.9 Å². The van der Waals surface area contributed by atoms with Gasteiger partial charge in [-0.1, -0.05) is 42.5 Å². The number of nitrogens with zero attached hydrogens (tertiary/aromatic N) is 2. The Labute approximate surface area is 184 Å². The predicted molar refractivity (Wildman–Crippen MR) is 114 cm³/mol. The quantitative estimate of drug-likeness (QED) is 0.341. The van der Waals surface area contributed by atoms with Crippen molar-refractivity contribution in [2.75, 3.05) is 7.11 Å². The highest BCUT2D eigenvalue weighted by atomic mass is 16.6. The molecule has 0 bridgehead atoms. The Morgan fingerprint density at radius 2 is 1.56 bits per heavy atom. The van der Waals surface area contributed by atoms with Crippen LogP contribution in [0.3, 0.4) is 0 Å². The van der Waals surface area contributed by atoms with Gasteiger partial charge in [0.15, 0.2) is 11.5 Å². The summed E-state index contributed by atoms with van der Waals surface area (Å²) in [7, 11) is 1.39. The summed E-state index contributed by atoms with van der Waals surface area (Å²) >= 11 is 0. The first-order valence-electron chi connectivity index (χ1n) is 9.84. The lowest BCUT2D eigenvalue weighted by molar-refractivity contribution is -0.138. The maximum Gasteiger partial charge on any atom is 0.335 e. The van der Waals surface area contributed by atoms with E-state index < -0.39 is 23.8 Å². The summed E-state index contributed by atoms with van der Waals surface area (Å²) in [5.41, 5.74) is 1.60. The minimum atomic E-state index is -1.19. The van der Waals surface area contributed by atoms with E-state index in [2.05, 4.69) is 0 Å². The van der Waals surface area contributed by atoms with Gasteiger partial charge in [-0.05, 0) is 29.8 Å². The normalized spacial score (nSPS) is 13.3. The molecule has 0 radical (unpaired) electrons. The van der Waals surface area contributed by atoms with E-state index in [1.807, 2.05) is 24.3 Å². The first kappa shape index (κ1) is 20.8. The van der Waals surface area contributed by atoms with Gasteiger partial charge in [-0.2, -0.15) is 5.26 Å². The third kappa shape index (κ3) is 3.82. The smallest absolute Gasteiger partial charge is 0.335 e. The van der Waals surface area contributed by atoms with E-state index in [1.54, 1.807) is 36.4 Å². The Bertz CT molecular complexity index is 1210. The number of fused-ring (bicyclic) bond motifs is 1. The topological polar surface area (TPSA) is 96.7 Å². The molecule has 0 saturated heterocycles. The van der Waals surface area contributed by atoms with E-state index in [4.69, 9.17) is 14.7 Å². The molecule has 0 unspecified atom stereocenters. The van der Waals surface area contributed by atoms with Crippen LogP contribution in [0.25, 0.3) is 0 Å². The molecule has 0 aromatic heterocycles. The van der Waals surface area contributed by atoms with E-state index in [0.717, 1.165) is 10.5 Å². The Morgan fingerprint density at radius 3 is 2.16 bits per heavy atom. The van der Waals surface area contributed by atoms with Gasteiger partial charge in [0, 0.05) is 12.5 Å². The molecule has 0 N–H and O–H groups in total. The molecule has 0 saturated carbocycles. The molecule has 2 amide bonds. The van der Waals surface area contributed by atoms with Crippen LogP contribution in [0.1, 0.15) is 31.8 Å². The summed E-state index contributed by atoms with van der Waals surface area (Å²) < 4.78 is 10.8. The second-order valence-electron chi connectivity index (χ2n) is 7.13. The molecule has 3 aromatic carbocycles. The zero-order valence-electron chi connectivity index (χ0n) is 17.1. The Hall–Kier alpha value is -4.44. The van der Waals surface area contributed by atoms with Gasteiger partial charge in [-0.3, -0.25) is 14.5 Å². The van der Waals surface area contributed by atoms with Crippen LogP contribution in [0.15, 0.2) is 72.8 Å². The number of amides is 2. The number of rotatable bonds is 6. The number of hydrogen-bond acceptors (Lipinski definition) is 6. The van der Waals surface area contributed by atoms with Crippen molar-refractivity contribution in [1.82, 2.24) is 4.90 Å². The molecule has 7 heteroatoms. The number of esters is 1. The SMILES string of the molecule is COc1cc(C#N)ccc1OC(=O)[C@H](Cc1ccccc1)N1C(=O)c2ccccc2C1=O. The van der Waals surface area contributed by atoms with Gasteiger partial charge in [0.25, 0.3) is 11.8 Å². The molecular weight excluding hydrogens is 408 g/mol. The highest BCUT2D eigenvalue weighted by Gasteiger charge is 2.43.